The van der Waals surface area contributed by atoms with Crippen molar-refractivity contribution >= 4 is 17.3 Å². The highest BCUT2D eigenvalue weighted by atomic mass is 16.5. The first kappa shape index (κ1) is 17.9. The van der Waals surface area contributed by atoms with Crippen LogP contribution in [-0.4, -0.2) is 31.2 Å². The van der Waals surface area contributed by atoms with Gasteiger partial charge in [-0.05, 0) is 42.2 Å². The summed E-state index contributed by atoms with van der Waals surface area (Å²) in [6, 6.07) is 11.5. The predicted octanol–water partition coefficient (Wildman–Crippen LogP) is 3.91. The molecule has 2 rings (SSSR count). The fraction of sp³-hybridized carbons (Fsp3) is 0.368. The summed E-state index contributed by atoms with van der Waals surface area (Å²) in [5.74, 6) is 0.255. The normalized spacial score (nSPS) is 10.7. The Kier molecular flexibility index (Phi) is 6.75. The fourth-order valence-corrected chi connectivity index (χ4v) is 2.26. The van der Waals surface area contributed by atoms with Crippen molar-refractivity contribution in [3.8, 4) is 0 Å². The number of carbonyl (C=O) groups excluding carboxylic acids is 1. The van der Waals surface area contributed by atoms with Crippen molar-refractivity contribution in [2.75, 3.05) is 30.9 Å². The molecule has 128 valence electrons. The minimum Gasteiger partial charge on any atom is -0.385 e. The van der Waals surface area contributed by atoms with Crippen LogP contribution in [-0.2, 0) is 4.74 Å². The lowest BCUT2D eigenvalue weighted by molar-refractivity contribution is 0.102. The topological polar surface area (TPSA) is 63.2 Å². The maximum atomic E-state index is 12.3. The summed E-state index contributed by atoms with van der Waals surface area (Å²) >= 11 is 0. The highest BCUT2D eigenvalue weighted by Crippen LogP contribution is 2.18. The molecular weight excluding hydrogens is 302 g/mol. The third-order valence-corrected chi connectivity index (χ3v) is 3.68. The zero-order valence-electron chi connectivity index (χ0n) is 14.5. The van der Waals surface area contributed by atoms with E-state index in [1.807, 2.05) is 30.3 Å². The van der Waals surface area contributed by atoms with Crippen molar-refractivity contribution < 1.29 is 9.53 Å². The summed E-state index contributed by atoms with van der Waals surface area (Å²) in [7, 11) is 1.68. The lowest BCUT2D eigenvalue weighted by Gasteiger charge is -2.10. The zero-order chi connectivity index (χ0) is 17.4. The quantitative estimate of drug-likeness (QED) is 0.722. The summed E-state index contributed by atoms with van der Waals surface area (Å²) < 4.78 is 5.01. The predicted molar refractivity (Wildman–Crippen MR) is 97.7 cm³/mol. The van der Waals surface area contributed by atoms with Gasteiger partial charge in [0.1, 0.15) is 5.69 Å². The molecule has 1 aromatic carbocycles. The first-order valence-corrected chi connectivity index (χ1v) is 8.20. The summed E-state index contributed by atoms with van der Waals surface area (Å²) in [6.07, 6.45) is 2.54. The van der Waals surface area contributed by atoms with Gasteiger partial charge >= 0.3 is 0 Å². The highest BCUT2D eigenvalue weighted by Gasteiger charge is 2.09. The Labute approximate surface area is 143 Å². The van der Waals surface area contributed by atoms with Crippen LogP contribution >= 0.6 is 0 Å². The Bertz CT molecular complexity index is 654. The molecule has 0 atom stereocenters. The van der Waals surface area contributed by atoms with E-state index in [0.29, 0.717) is 18.2 Å². The van der Waals surface area contributed by atoms with E-state index in [1.165, 1.54) is 5.56 Å². The van der Waals surface area contributed by atoms with Crippen molar-refractivity contribution in [1.29, 1.82) is 0 Å². The van der Waals surface area contributed by atoms with Crippen LogP contribution in [0.4, 0.5) is 11.4 Å². The SMILES string of the molecule is COCCCNc1ccnc(C(=O)Nc2ccc(C(C)C)cc2)c1. The van der Waals surface area contributed by atoms with Crippen LogP contribution in [0.15, 0.2) is 42.6 Å². The molecule has 1 aromatic heterocycles. The Morgan fingerprint density at radius 2 is 1.92 bits per heavy atom. The number of methoxy groups -OCH3 is 1. The molecular formula is C19H25N3O2. The second-order valence-corrected chi connectivity index (χ2v) is 5.93. The molecule has 0 saturated carbocycles. The third-order valence-electron chi connectivity index (χ3n) is 3.68. The van der Waals surface area contributed by atoms with E-state index in [-0.39, 0.29) is 5.91 Å². The number of rotatable bonds is 8. The number of anilines is 2. The monoisotopic (exact) mass is 327 g/mol. The largest absolute Gasteiger partial charge is 0.385 e. The van der Waals surface area contributed by atoms with Crippen molar-refractivity contribution in [2.24, 2.45) is 0 Å². The van der Waals surface area contributed by atoms with E-state index in [9.17, 15) is 4.79 Å². The van der Waals surface area contributed by atoms with Gasteiger partial charge in [0.2, 0.25) is 0 Å². The molecule has 5 heteroatoms. The van der Waals surface area contributed by atoms with Crippen LogP contribution in [0.3, 0.4) is 0 Å². The molecule has 1 amide bonds. The molecule has 5 nitrogen and oxygen atoms in total. The second-order valence-electron chi connectivity index (χ2n) is 5.93. The smallest absolute Gasteiger partial charge is 0.274 e. The summed E-state index contributed by atoms with van der Waals surface area (Å²) in [5, 5.41) is 6.14. The Morgan fingerprint density at radius 1 is 1.17 bits per heavy atom. The van der Waals surface area contributed by atoms with Gasteiger partial charge < -0.3 is 15.4 Å². The maximum absolute atomic E-state index is 12.3. The van der Waals surface area contributed by atoms with Crippen LogP contribution in [0.2, 0.25) is 0 Å². The number of aromatic nitrogens is 1. The van der Waals surface area contributed by atoms with E-state index in [1.54, 1.807) is 19.4 Å². The van der Waals surface area contributed by atoms with Crippen molar-refractivity contribution in [3.05, 3.63) is 53.9 Å². The van der Waals surface area contributed by atoms with Gasteiger partial charge in [0.05, 0.1) is 0 Å². The second kappa shape index (κ2) is 9.03. The average Bonchev–Trinajstić information content (AvgIpc) is 2.59. The molecule has 0 aliphatic heterocycles. The number of ether oxygens (including phenoxy) is 1. The standard InChI is InChI=1S/C19H25N3O2/c1-14(2)15-5-7-16(8-6-15)22-19(23)18-13-17(9-11-21-18)20-10-4-12-24-3/h5-9,11,13-14H,4,10,12H2,1-3H3,(H,20,21)(H,22,23). The number of hydrogen-bond acceptors (Lipinski definition) is 4. The molecule has 0 aliphatic rings. The van der Waals surface area contributed by atoms with Crippen LogP contribution in [0.1, 0.15) is 42.2 Å². The van der Waals surface area contributed by atoms with Gasteiger partial charge in [0, 0.05) is 37.8 Å². The van der Waals surface area contributed by atoms with Gasteiger partial charge in [-0.2, -0.15) is 0 Å². The number of pyridine rings is 1. The molecule has 0 saturated heterocycles. The molecule has 1 heterocycles. The van der Waals surface area contributed by atoms with Gasteiger partial charge in [-0.1, -0.05) is 26.0 Å². The van der Waals surface area contributed by atoms with E-state index < -0.39 is 0 Å². The van der Waals surface area contributed by atoms with Crippen LogP contribution in [0.25, 0.3) is 0 Å². The number of nitrogens with one attached hydrogen (secondary N) is 2. The lowest BCUT2D eigenvalue weighted by atomic mass is 10.0. The Morgan fingerprint density at radius 3 is 2.58 bits per heavy atom. The summed E-state index contributed by atoms with van der Waals surface area (Å²) in [4.78, 5) is 16.5. The minimum absolute atomic E-state index is 0.215. The molecule has 0 unspecified atom stereocenters. The summed E-state index contributed by atoms with van der Waals surface area (Å²) in [6.45, 7) is 5.78. The average molecular weight is 327 g/mol. The zero-order valence-corrected chi connectivity index (χ0v) is 14.5. The molecule has 0 radical (unpaired) electrons. The van der Waals surface area contributed by atoms with E-state index >= 15 is 0 Å². The van der Waals surface area contributed by atoms with Crippen LogP contribution in [0.5, 0.6) is 0 Å². The number of hydrogen-bond donors (Lipinski definition) is 2. The summed E-state index contributed by atoms with van der Waals surface area (Å²) in [5.41, 5.74) is 3.28. The molecule has 2 aromatic rings. The number of nitrogens with zero attached hydrogens (tertiary/aromatic N) is 1. The van der Waals surface area contributed by atoms with Gasteiger partial charge in [-0.25, -0.2) is 0 Å². The van der Waals surface area contributed by atoms with Crippen molar-refractivity contribution in [1.82, 2.24) is 4.98 Å². The molecule has 0 spiro atoms. The first-order valence-electron chi connectivity index (χ1n) is 8.20. The van der Waals surface area contributed by atoms with Gasteiger partial charge in [-0.3, -0.25) is 9.78 Å². The van der Waals surface area contributed by atoms with Crippen LogP contribution in [0, 0.1) is 0 Å². The molecule has 2 N–H and O–H groups in total. The minimum atomic E-state index is -0.215. The van der Waals surface area contributed by atoms with Gasteiger partial charge in [0.25, 0.3) is 5.91 Å². The number of benzene rings is 1. The molecule has 0 aliphatic carbocycles. The van der Waals surface area contributed by atoms with Crippen LogP contribution < -0.4 is 10.6 Å². The fourth-order valence-electron chi connectivity index (χ4n) is 2.26. The molecule has 0 fully saturated rings. The lowest BCUT2D eigenvalue weighted by Crippen LogP contribution is -2.14. The third kappa shape index (κ3) is 5.35. The number of amides is 1. The highest BCUT2D eigenvalue weighted by molar-refractivity contribution is 6.03. The Hall–Kier alpha value is -2.40. The maximum Gasteiger partial charge on any atom is 0.274 e. The van der Waals surface area contributed by atoms with E-state index in [4.69, 9.17) is 4.74 Å². The number of carbonyl (C=O) groups is 1. The Balaban J connectivity index is 1.96. The van der Waals surface area contributed by atoms with E-state index in [2.05, 4.69) is 29.5 Å². The van der Waals surface area contributed by atoms with Gasteiger partial charge in [0.15, 0.2) is 0 Å². The van der Waals surface area contributed by atoms with Crippen molar-refractivity contribution in [2.45, 2.75) is 26.2 Å². The van der Waals surface area contributed by atoms with Crippen molar-refractivity contribution in [3.63, 3.8) is 0 Å². The van der Waals surface area contributed by atoms with Gasteiger partial charge in [-0.15, -0.1) is 0 Å². The first-order chi connectivity index (χ1) is 11.6. The molecule has 24 heavy (non-hydrogen) atoms. The van der Waals surface area contributed by atoms with E-state index in [0.717, 1.165) is 24.3 Å². The molecule has 0 bridgehead atoms.